The smallest absolute Gasteiger partial charge is 0.0730 e. The Morgan fingerprint density at radius 3 is 3.15 bits per heavy atom. The highest BCUT2D eigenvalue weighted by atomic mass is 32.1. The van der Waals surface area contributed by atoms with Gasteiger partial charge in [0.25, 0.3) is 0 Å². The van der Waals surface area contributed by atoms with Gasteiger partial charge in [-0.15, -0.1) is 11.3 Å². The van der Waals surface area contributed by atoms with Crippen LogP contribution in [-0.2, 0) is 11.2 Å². The van der Waals surface area contributed by atoms with E-state index in [9.17, 15) is 0 Å². The van der Waals surface area contributed by atoms with Crippen LogP contribution in [0.25, 0.3) is 0 Å². The van der Waals surface area contributed by atoms with E-state index in [0.29, 0.717) is 0 Å². The molecule has 1 saturated heterocycles. The number of rotatable bonds is 2. The number of nitrogens with two attached hydrogens (primary N) is 1. The summed E-state index contributed by atoms with van der Waals surface area (Å²) in [5.74, 6) is 0. The van der Waals surface area contributed by atoms with Gasteiger partial charge in [0.2, 0.25) is 0 Å². The standard InChI is InChI=1S/C10H15NOS/c1-8-10(11,4-5-12-8)7-9-3-2-6-13-9/h2-3,6,8H,4-5,7,11H2,1H3. The molecular formula is C10H15NOS. The van der Waals surface area contributed by atoms with Gasteiger partial charge < -0.3 is 10.5 Å². The van der Waals surface area contributed by atoms with Crippen molar-refractivity contribution in [1.29, 1.82) is 0 Å². The van der Waals surface area contributed by atoms with Crippen LogP contribution in [0.4, 0.5) is 0 Å². The third kappa shape index (κ3) is 1.77. The molecule has 1 aliphatic heterocycles. The molecule has 0 bridgehead atoms. The lowest BCUT2D eigenvalue weighted by Gasteiger charge is -2.26. The summed E-state index contributed by atoms with van der Waals surface area (Å²) in [7, 11) is 0. The van der Waals surface area contributed by atoms with Gasteiger partial charge in [0.05, 0.1) is 6.10 Å². The molecule has 1 aromatic rings. The molecular weight excluding hydrogens is 182 g/mol. The van der Waals surface area contributed by atoms with E-state index in [1.54, 1.807) is 11.3 Å². The van der Waals surface area contributed by atoms with Crippen molar-refractivity contribution in [3.8, 4) is 0 Å². The summed E-state index contributed by atoms with van der Waals surface area (Å²) >= 11 is 1.77. The molecule has 1 aromatic heterocycles. The fraction of sp³-hybridized carbons (Fsp3) is 0.600. The number of ether oxygens (including phenoxy) is 1. The predicted octanol–water partition coefficient (Wildman–Crippen LogP) is 1.80. The Morgan fingerprint density at radius 2 is 2.62 bits per heavy atom. The summed E-state index contributed by atoms with van der Waals surface area (Å²) in [6.45, 7) is 2.88. The van der Waals surface area contributed by atoms with E-state index in [1.807, 2.05) is 0 Å². The Labute approximate surface area is 82.7 Å². The molecule has 0 aromatic carbocycles. The van der Waals surface area contributed by atoms with Crippen molar-refractivity contribution in [2.45, 2.75) is 31.4 Å². The molecule has 0 amide bonds. The van der Waals surface area contributed by atoms with Gasteiger partial charge in [0.1, 0.15) is 0 Å². The van der Waals surface area contributed by atoms with Gasteiger partial charge in [-0.25, -0.2) is 0 Å². The fourth-order valence-electron chi connectivity index (χ4n) is 1.76. The first-order chi connectivity index (χ1) is 6.21. The van der Waals surface area contributed by atoms with Crippen LogP contribution >= 0.6 is 11.3 Å². The molecule has 2 nitrogen and oxygen atoms in total. The van der Waals surface area contributed by atoms with Crippen LogP contribution in [0.5, 0.6) is 0 Å². The first-order valence-electron chi connectivity index (χ1n) is 4.63. The maximum Gasteiger partial charge on any atom is 0.0730 e. The molecule has 1 fully saturated rings. The molecule has 0 spiro atoms. The average Bonchev–Trinajstić information content (AvgIpc) is 2.65. The summed E-state index contributed by atoms with van der Waals surface area (Å²) < 4.78 is 5.50. The quantitative estimate of drug-likeness (QED) is 0.784. The number of hydrogen-bond donors (Lipinski definition) is 1. The lowest BCUT2D eigenvalue weighted by Crippen LogP contribution is -2.47. The van der Waals surface area contributed by atoms with Gasteiger partial charge >= 0.3 is 0 Å². The summed E-state index contributed by atoms with van der Waals surface area (Å²) in [4.78, 5) is 1.36. The molecule has 0 saturated carbocycles. The molecule has 2 atom stereocenters. The summed E-state index contributed by atoms with van der Waals surface area (Å²) in [6, 6.07) is 4.22. The molecule has 2 rings (SSSR count). The minimum Gasteiger partial charge on any atom is -0.377 e. The minimum atomic E-state index is -0.134. The van der Waals surface area contributed by atoms with Gasteiger partial charge in [-0.1, -0.05) is 6.07 Å². The monoisotopic (exact) mass is 197 g/mol. The van der Waals surface area contributed by atoms with Crippen LogP contribution in [0.2, 0.25) is 0 Å². The summed E-state index contributed by atoms with van der Waals surface area (Å²) in [5, 5.41) is 2.10. The van der Waals surface area contributed by atoms with Crippen molar-refractivity contribution >= 4 is 11.3 Å². The Kier molecular flexibility index (Phi) is 2.41. The second-order valence-corrected chi connectivity index (χ2v) is 4.78. The van der Waals surface area contributed by atoms with Crippen molar-refractivity contribution < 1.29 is 4.74 Å². The molecule has 2 unspecified atom stereocenters. The Balaban J connectivity index is 2.08. The molecule has 3 heteroatoms. The van der Waals surface area contributed by atoms with Crippen LogP contribution in [0.15, 0.2) is 17.5 Å². The van der Waals surface area contributed by atoms with Crippen LogP contribution < -0.4 is 5.73 Å². The molecule has 72 valence electrons. The number of thiophene rings is 1. The SMILES string of the molecule is CC1OCCC1(N)Cc1cccs1. The largest absolute Gasteiger partial charge is 0.377 e. The van der Waals surface area contributed by atoms with E-state index in [4.69, 9.17) is 10.5 Å². The second-order valence-electron chi connectivity index (χ2n) is 3.75. The van der Waals surface area contributed by atoms with Gasteiger partial charge in [-0.05, 0) is 24.8 Å². The third-order valence-electron chi connectivity index (χ3n) is 2.83. The highest BCUT2D eigenvalue weighted by molar-refractivity contribution is 7.09. The van der Waals surface area contributed by atoms with Crippen molar-refractivity contribution in [3.63, 3.8) is 0 Å². The third-order valence-corrected chi connectivity index (χ3v) is 3.70. The van der Waals surface area contributed by atoms with Crippen LogP contribution in [0, 0.1) is 0 Å². The van der Waals surface area contributed by atoms with Crippen LogP contribution in [0.3, 0.4) is 0 Å². The minimum absolute atomic E-state index is 0.134. The van der Waals surface area contributed by atoms with Crippen molar-refractivity contribution in [2.75, 3.05) is 6.61 Å². The Morgan fingerprint density at radius 1 is 1.77 bits per heavy atom. The maximum absolute atomic E-state index is 6.28. The van der Waals surface area contributed by atoms with E-state index in [1.165, 1.54) is 4.88 Å². The molecule has 0 aliphatic carbocycles. The lowest BCUT2D eigenvalue weighted by molar-refractivity contribution is 0.0957. The van der Waals surface area contributed by atoms with Crippen molar-refractivity contribution in [1.82, 2.24) is 0 Å². The van der Waals surface area contributed by atoms with E-state index >= 15 is 0 Å². The van der Waals surface area contributed by atoms with Crippen molar-refractivity contribution in [3.05, 3.63) is 22.4 Å². The van der Waals surface area contributed by atoms with Crippen LogP contribution in [-0.4, -0.2) is 18.2 Å². The van der Waals surface area contributed by atoms with E-state index in [-0.39, 0.29) is 11.6 Å². The van der Waals surface area contributed by atoms with Gasteiger partial charge in [0.15, 0.2) is 0 Å². The highest BCUT2D eigenvalue weighted by Crippen LogP contribution is 2.28. The zero-order valence-electron chi connectivity index (χ0n) is 7.82. The van der Waals surface area contributed by atoms with Gasteiger partial charge in [0, 0.05) is 23.4 Å². The predicted molar refractivity (Wildman–Crippen MR) is 55.0 cm³/mol. The molecule has 1 aliphatic rings. The topological polar surface area (TPSA) is 35.2 Å². The van der Waals surface area contributed by atoms with Crippen LogP contribution in [0.1, 0.15) is 18.2 Å². The molecule has 13 heavy (non-hydrogen) atoms. The Bertz CT molecular complexity index is 272. The normalized spacial score (nSPS) is 33.8. The van der Waals surface area contributed by atoms with E-state index in [2.05, 4.69) is 24.4 Å². The maximum atomic E-state index is 6.28. The fourth-order valence-corrected chi connectivity index (χ4v) is 2.61. The first kappa shape index (κ1) is 9.19. The van der Waals surface area contributed by atoms with E-state index in [0.717, 1.165) is 19.4 Å². The zero-order valence-corrected chi connectivity index (χ0v) is 8.64. The average molecular weight is 197 g/mol. The van der Waals surface area contributed by atoms with Gasteiger partial charge in [-0.3, -0.25) is 0 Å². The Hall–Kier alpha value is -0.380. The molecule has 0 radical (unpaired) electrons. The highest BCUT2D eigenvalue weighted by Gasteiger charge is 2.37. The summed E-state index contributed by atoms with van der Waals surface area (Å²) in [5.41, 5.74) is 6.14. The molecule has 2 heterocycles. The van der Waals surface area contributed by atoms with Crippen molar-refractivity contribution in [2.24, 2.45) is 5.73 Å². The number of hydrogen-bond acceptors (Lipinski definition) is 3. The lowest BCUT2D eigenvalue weighted by atomic mass is 9.89. The van der Waals surface area contributed by atoms with Gasteiger partial charge in [-0.2, -0.15) is 0 Å². The van der Waals surface area contributed by atoms with E-state index < -0.39 is 0 Å². The second kappa shape index (κ2) is 3.40. The summed E-state index contributed by atoms with van der Waals surface area (Å²) in [6.07, 6.45) is 2.12. The zero-order chi connectivity index (χ0) is 9.31. The molecule has 2 N–H and O–H groups in total. The first-order valence-corrected chi connectivity index (χ1v) is 5.51.